The largest absolute Gasteiger partial charge is 0.487 e. The number of alkyl halides is 2. The zero-order valence-corrected chi connectivity index (χ0v) is 17.5. The van der Waals surface area contributed by atoms with E-state index < -0.39 is 5.92 Å². The van der Waals surface area contributed by atoms with E-state index in [4.69, 9.17) is 25.6 Å². The Morgan fingerprint density at radius 1 is 1.22 bits per heavy atom. The molecule has 0 radical (unpaired) electrons. The fraction of sp³-hybridized carbons (Fsp3) is 0.476. The monoisotopic (exact) mass is 448 g/mol. The minimum atomic E-state index is -2.63. The molecule has 1 saturated carbocycles. The van der Waals surface area contributed by atoms with Gasteiger partial charge in [-0.15, -0.1) is 0 Å². The number of anilines is 4. The van der Waals surface area contributed by atoms with Gasteiger partial charge in [0.1, 0.15) is 18.5 Å². The quantitative estimate of drug-likeness (QED) is 0.404. The van der Waals surface area contributed by atoms with E-state index in [0.717, 1.165) is 0 Å². The average Bonchev–Trinajstić information content (AvgIpc) is 2.78. The number of aliphatic hydroxyl groups is 1. The summed E-state index contributed by atoms with van der Waals surface area (Å²) >= 11 is 0. The van der Waals surface area contributed by atoms with Crippen molar-refractivity contribution >= 4 is 23.1 Å². The van der Waals surface area contributed by atoms with Crippen molar-refractivity contribution in [1.82, 2.24) is 9.97 Å². The summed E-state index contributed by atoms with van der Waals surface area (Å²) in [6, 6.07) is 6.63. The topological polar surface area (TPSA) is 138 Å². The Morgan fingerprint density at radius 2 is 2.00 bits per heavy atom. The Bertz CT molecular complexity index is 926. The van der Waals surface area contributed by atoms with E-state index in [-0.39, 0.29) is 45.3 Å². The molecule has 0 saturated heterocycles. The molecule has 5 N–H and O–H groups in total. The molecule has 0 aromatic carbocycles. The van der Waals surface area contributed by atoms with Gasteiger partial charge >= 0.3 is 0 Å². The first-order valence-electron chi connectivity index (χ1n) is 10.3. The zero-order valence-electron chi connectivity index (χ0n) is 17.5. The molecule has 3 rings (SSSR count). The standard InChI is InChI=1S/C21H26F2N6O3/c22-21(23)5-3-15(4-6-21)27-20-17(32-10-9-31-8-7-30)11-16(25)19(29-20)28-18-2-1-14(12-24)13-26-18/h1-2,11,13,15,30H,3-10,25H2,(H2,26,27,28,29). The molecule has 1 fully saturated rings. The van der Waals surface area contributed by atoms with E-state index in [2.05, 4.69) is 20.6 Å². The van der Waals surface area contributed by atoms with E-state index >= 15 is 0 Å². The zero-order chi connectivity index (χ0) is 23.0. The van der Waals surface area contributed by atoms with E-state index in [1.54, 1.807) is 18.2 Å². The summed E-state index contributed by atoms with van der Waals surface area (Å²) in [5, 5.41) is 23.9. The van der Waals surface area contributed by atoms with Gasteiger partial charge in [0.15, 0.2) is 17.4 Å². The van der Waals surface area contributed by atoms with Crippen LogP contribution in [0.15, 0.2) is 24.4 Å². The molecule has 32 heavy (non-hydrogen) atoms. The van der Waals surface area contributed by atoms with Crippen molar-refractivity contribution in [1.29, 1.82) is 5.26 Å². The van der Waals surface area contributed by atoms with Crippen LogP contribution in [0.4, 0.5) is 31.9 Å². The van der Waals surface area contributed by atoms with Gasteiger partial charge in [-0.1, -0.05) is 0 Å². The van der Waals surface area contributed by atoms with Crippen molar-refractivity contribution in [2.45, 2.75) is 37.6 Å². The van der Waals surface area contributed by atoms with Crippen LogP contribution in [-0.4, -0.2) is 53.5 Å². The summed E-state index contributed by atoms with van der Waals surface area (Å²) in [5.74, 6) is -1.14. The highest BCUT2D eigenvalue weighted by Gasteiger charge is 2.35. The molecule has 0 amide bonds. The van der Waals surface area contributed by atoms with Crippen LogP contribution in [0.25, 0.3) is 0 Å². The smallest absolute Gasteiger partial charge is 0.248 e. The van der Waals surface area contributed by atoms with Crippen molar-refractivity contribution in [2.24, 2.45) is 0 Å². The minimum Gasteiger partial charge on any atom is -0.487 e. The molecule has 2 aromatic rings. The summed E-state index contributed by atoms with van der Waals surface area (Å²) in [4.78, 5) is 8.66. The first-order valence-corrected chi connectivity index (χ1v) is 10.3. The number of hydrogen-bond donors (Lipinski definition) is 4. The molecule has 0 aliphatic heterocycles. The van der Waals surface area contributed by atoms with Gasteiger partial charge in [0, 0.05) is 31.1 Å². The van der Waals surface area contributed by atoms with Gasteiger partial charge in [-0.05, 0) is 25.0 Å². The number of nitriles is 1. The molecule has 9 nitrogen and oxygen atoms in total. The lowest BCUT2D eigenvalue weighted by atomic mass is 9.92. The number of rotatable bonds is 10. The molecular formula is C21H26F2N6O3. The maximum atomic E-state index is 13.5. The Hall–Kier alpha value is -3.23. The number of aliphatic hydroxyl groups excluding tert-OH is 1. The van der Waals surface area contributed by atoms with Gasteiger partial charge in [-0.2, -0.15) is 5.26 Å². The number of nitrogens with one attached hydrogen (secondary N) is 2. The molecule has 0 atom stereocenters. The number of ether oxygens (including phenoxy) is 2. The molecule has 2 aromatic heterocycles. The minimum absolute atomic E-state index is 0.0859. The molecule has 0 bridgehead atoms. The van der Waals surface area contributed by atoms with Crippen LogP contribution in [0.3, 0.4) is 0 Å². The van der Waals surface area contributed by atoms with Crippen molar-refractivity contribution in [2.75, 3.05) is 42.8 Å². The fourth-order valence-electron chi connectivity index (χ4n) is 3.23. The van der Waals surface area contributed by atoms with E-state index in [1.165, 1.54) is 6.20 Å². The summed E-state index contributed by atoms with van der Waals surface area (Å²) < 4.78 is 38.0. The molecule has 1 aliphatic carbocycles. The highest BCUT2D eigenvalue weighted by Crippen LogP contribution is 2.37. The van der Waals surface area contributed by atoms with Crippen LogP contribution in [0, 0.1) is 11.3 Å². The van der Waals surface area contributed by atoms with Gasteiger partial charge in [0.2, 0.25) is 5.92 Å². The van der Waals surface area contributed by atoms with Gasteiger partial charge < -0.3 is 30.9 Å². The lowest BCUT2D eigenvalue weighted by Crippen LogP contribution is -2.32. The Kier molecular flexibility index (Phi) is 7.97. The maximum absolute atomic E-state index is 13.5. The first kappa shape index (κ1) is 23.4. The second-order valence-electron chi connectivity index (χ2n) is 7.40. The van der Waals surface area contributed by atoms with Crippen molar-refractivity contribution in [3.8, 4) is 11.8 Å². The highest BCUT2D eigenvalue weighted by atomic mass is 19.3. The fourth-order valence-corrected chi connectivity index (χ4v) is 3.23. The summed E-state index contributed by atoms with van der Waals surface area (Å²) in [7, 11) is 0. The third-order valence-corrected chi connectivity index (χ3v) is 4.93. The predicted molar refractivity (Wildman–Crippen MR) is 115 cm³/mol. The number of aromatic nitrogens is 2. The average molecular weight is 448 g/mol. The van der Waals surface area contributed by atoms with Crippen LogP contribution in [0.2, 0.25) is 0 Å². The van der Waals surface area contributed by atoms with Gasteiger partial charge in [-0.25, -0.2) is 18.7 Å². The van der Waals surface area contributed by atoms with Crippen LogP contribution in [-0.2, 0) is 4.74 Å². The summed E-state index contributed by atoms with van der Waals surface area (Å²) in [6.07, 6.45) is 1.65. The lowest BCUT2D eigenvalue weighted by Gasteiger charge is -2.29. The molecule has 1 aliphatic rings. The number of hydrogen-bond acceptors (Lipinski definition) is 9. The van der Waals surface area contributed by atoms with Crippen molar-refractivity contribution < 1.29 is 23.4 Å². The number of nitrogen functional groups attached to an aromatic ring is 1. The molecule has 172 valence electrons. The Labute approximate surface area is 184 Å². The number of nitrogens with two attached hydrogens (primary N) is 1. The van der Waals surface area contributed by atoms with E-state index in [9.17, 15) is 8.78 Å². The van der Waals surface area contributed by atoms with E-state index in [1.807, 2.05) is 6.07 Å². The molecular weight excluding hydrogens is 422 g/mol. The molecule has 2 heterocycles. The second-order valence-corrected chi connectivity index (χ2v) is 7.40. The number of halogens is 2. The van der Waals surface area contributed by atoms with Crippen molar-refractivity contribution in [3.63, 3.8) is 0 Å². The van der Waals surface area contributed by atoms with Gasteiger partial charge in [0.05, 0.1) is 31.1 Å². The maximum Gasteiger partial charge on any atom is 0.248 e. The second kappa shape index (κ2) is 10.9. The van der Waals surface area contributed by atoms with Gasteiger partial charge in [0.25, 0.3) is 0 Å². The number of pyridine rings is 2. The van der Waals surface area contributed by atoms with Crippen LogP contribution in [0.5, 0.6) is 5.75 Å². The van der Waals surface area contributed by atoms with Crippen LogP contribution in [0.1, 0.15) is 31.2 Å². The van der Waals surface area contributed by atoms with Crippen LogP contribution < -0.4 is 21.1 Å². The van der Waals surface area contributed by atoms with Gasteiger partial charge in [-0.3, -0.25) is 0 Å². The Morgan fingerprint density at radius 3 is 2.66 bits per heavy atom. The third-order valence-electron chi connectivity index (χ3n) is 4.93. The Balaban J connectivity index is 1.77. The van der Waals surface area contributed by atoms with Crippen LogP contribution >= 0.6 is 0 Å². The molecule has 11 heteroatoms. The summed E-state index contributed by atoms with van der Waals surface area (Å²) in [5.41, 5.74) is 6.85. The van der Waals surface area contributed by atoms with E-state index in [0.29, 0.717) is 47.3 Å². The molecule has 0 unspecified atom stereocenters. The number of nitrogens with zero attached hydrogens (tertiary/aromatic N) is 3. The summed E-state index contributed by atoms with van der Waals surface area (Å²) in [6.45, 7) is 0.566. The predicted octanol–water partition coefficient (Wildman–Crippen LogP) is 3.05. The van der Waals surface area contributed by atoms with Crippen molar-refractivity contribution in [3.05, 3.63) is 30.0 Å². The third kappa shape index (κ3) is 6.63. The molecule has 0 spiro atoms. The first-order chi connectivity index (χ1) is 15.4. The normalized spacial score (nSPS) is 15.7. The SMILES string of the molecule is N#Cc1ccc(Nc2nc(NC3CCC(F)(F)CC3)c(OCCOCCO)cc2N)nc1. The highest BCUT2D eigenvalue weighted by molar-refractivity contribution is 5.73. The lowest BCUT2D eigenvalue weighted by molar-refractivity contribution is -0.0361.